The van der Waals surface area contributed by atoms with Crippen LogP contribution in [0.4, 0.5) is 0 Å². The fourth-order valence-electron chi connectivity index (χ4n) is 3.60. The zero-order valence-electron chi connectivity index (χ0n) is 14.4. The summed E-state index contributed by atoms with van der Waals surface area (Å²) in [5, 5.41) is 25.8. The minimum Gasteiger partial charge on any atom is -0.508 e. The largest absolute Gasteiger partial charge is 0.508 e. The third-order valence-corrected chi connectivity index (χ3v) is 4.60. The number of rotatable bonds is 3. The molecule has 25 heavy (non-hydrogen) atoms. The first-order chi connectivity index (χ1) is 11.7. The van der Waals surface area contributed by atoms with Crippen LogP contribution in [0.3, 0.4) is 0 Å². The summed E-state index contributed by atoms with van der Waals surface area (Å²) < 4.78 is 5.36. The molecule has 1 aliphatic rings. The van der Waals surface area contributed by atoms with E-state index in [-0.39, 0.29) is 23.8 Å². The van der Waals surface area contributed by atoms with E-state index in [0.717, 1.165) is 0 Å². The summed E-state index contributed by atoms with van der Waals surface area (Å²) in [6.45, 7) is 5.04. The van der Waals surface area contributed by atoms with E-state index in [0.29, 0.717) is 16.8 Å². The van der Waals surface area contributed by atoms with Gasteiger partial charge >= 0.3 is 5.97 Å². The normalized spacial score (nSPS) is 25.6. The molecule has 0 saturated carbocycles. The number of phenolic OH excluding ortho intramolecular Hbond substituents is 1. The highest BCUT2D eigenvalue weighted by Crippen LogP contribution is 2.44. The molecule has 7 nitrogen and oxygen atoms in total. The highest BCUT2D eigenvalue weighted by Gasteiger charge is 2.51. The van der Waals surface area contributed by atoms with Crippen molar-refractivity contribution < 1.29 is 19.7 Å². The Kier molecular flexibility index (Phi) is 4.20. The lowest BCUT2D eigenvalue weighted by Crippen LogP contribution is -2.50. The van der Waals surface area contributed by atoms with Crippen LogP contribution in [-0.2, 0) is 16.0 Å². The van der Waals surface area contributed by atoms with Crippen LogP contribution in [-0.4, -0.2) is 38.1 Å². The molecule has 1 heterocycles. The van der Waals surface area contributed by atoms with E-state index in [4.69, 9.17) is 4.74 Å². The summed E-state index contributed by atoms with van der Waals surface area (Å²) in [4.78, 5) is 25.1. The molecule has 0 amide bonds. The maximum atomic E-state index is 12.8. The molecule has 134 valence electrons. The van der Waals surface area contributed by atoms with E-state index in [1.807, 2.05) is 0 Å². The molecule has 4 N–H and O–H groups in total. The zero-order valence-corrected chi connectivity index (χ0v) is 14.4. The number of aromatic amines is 2. The van der Waals surface area contributed by atoms with Crippen LogP contribution in [0.1, 0.15) is 43.5 Å². The second kappa shape index (κ2) is 6.07. The quantitative estimate of drug-likeness (QED) is 0.627. The number of benzene rings is 1. The van der Waals surface area contributed by atoms with E-state index in [1.165, 1.54) is 12.1 Å². The van der Waals surface area contributed by atoms with Crippen molar-refractivity contribution >= 4 is 5.97 Å². The van der Waals surface area contributed by atoms with Gasteiger partial charge in [0.15, 0.2) is 0 Å². The van der Waals surface area contributed by atoms with Crippen molar-refractivity contribution in [1.29, 1.82) is 0 Å². The van der Waals surface area contributed by atoms with Crippen molar-refractivity contribution in [2.45, 2.75) is 44.8 Å². The molecule has 0 fully saturated rings. The maximum Gasteiger partial charge on any atom is 0.313 e. The fraction of sp³-hybridized carbons (Fsp3) is 0.444. The number of hydrogen-bond acceptors (Lipinski definition) is 5. The van der Waals surface area contributed by atoms with Gasteiger partial charge in [-0.2, -0.15) is 0 Å². The van der Waals surface area contributed by atoms with Gasteiger partial charge < -0.3 is 20.0 Å². The minimum absolute atomic E-state index is 0.0795. The SMILES string of the molecule is CC(C)OC(=O)[C@@H]1[C@H](c2ccc(O)cc2)c2c([nH][nH]c2=O)C[C@@]1(C)O. The Balaban J connectivity index is 2.18. The summed E-state index contributed by atoms with van der Waals surface area (Å²) in [7, 11) is 0. The van der Waals surface area contributed by atoms with Crippen molar-refractivity contribution in [3.63, 3.8) is 0 Å². The van der Waals surface area contributed by atoms with E-state index in [9.17, 15) is 19.8 Å². The Morgan fingerprint density at radius 1 is 1.28 bits per heavy atom. The molecule has 7 heteroatoms. The monoisotopic (exact) mass is 346 g/mol. The first-order valence-corrected chi connectivity index (χ1v) is 8.22. The second-order valence-corrected chi connectivity index (χ2v) is 7.04. The van der Waals surface area contributed by atoms with E-state index in [2.05, 4.69) is 10.2 Å². The predicted molar refractivity (Wildman–Crippen MR) is 90.4 cm³/mol. The van der Waals surface area contributed by atoms with Gasteiger partial charge in [-0.15, -0.1) is 0 Å². The molecular weight excluding hydrogens is 324 g/mol. The van der Waals surface area contributed by atoms with Gasteiger partial charge in [0.05, 0.1) is 17.6 Å². The molecule has 2 aromatic rings. The number of aromatic hydroxyl groups is 1. The number of phenols is 1. The second-order valence-electron chi connectivity index (χ2n) is 7.04. The third-order valence-electron chi connectivity index (χ3n) is 4.60. The topological polar surface area (TPSA) is 115 Å². The van der Waals surface area contributed by atoms with Gasteiger partial charge in [-0.1, -0.05) is 12.1 Å². The lowest BCUT2D eigenvalue weighted by molar-refractivity contribution is -0.163. The van der Waals surface area contributed by atoms with Gasteiger partial charge in [-0.05, 0) is 38.5 Å². The van der Waals surface area contributed by atoms with E-state index in [1.54, 1.807) is 32.9 Å². The average Bonchev–Trinajstić information content (AvgIpc) is 2.85. The fourth-order valence-corrected chi connectivity index (χ4v) is 3.60. The smallest absolute Gasteiger partial charge is 0.313 e. The van der Waals surface area contributed by atoms with E-state index >= 15 is 0 Å². The molecular formula is C18H22N2O5. The lowest BCUT2D eigenvalue weighted by Gasteiger charge is -2.40. The minimum atomic E-state index is -1.40. The summed E-state index contributed by atoms with van der Waals surface area (Å²) >= 11 is 0. The summed E-state index contributed by atoms with van der Waals surface area (Å²) in [6.07, 6.45) is -0.206. The van der Waals surface area contributed by atoms with Gasteiger partial charge in [0.25, 0.3) is 5.56 Å². The molecule has 1 aliphatic carbocycles. The Morgan fingerprint density at radius 3 is 2.52 bits per heavy atom. The predicted octanol–water partition coefficient (Wildman–Crippen LogP) is 1.42. The van der Waals surface area contributed by atoms with Gasteiger partial charge in [0.1, 0.15) is 5.75 Å². The molecule has 0 radical (unpaired) electrons. The van der Waals surface area contributed by atoms with Crippen LogP contribution in [0.15, 0.2) is 29.1 Å². The van der Waals surface area contributed by atoms with Gasteiger partial charge in [-0.3, -0.25) is 14.7 Å². The van der Waals surface area contributed by atoms with Crippen molar-refractivity contribution in [3.8, 4) is 5.75 Å². The van der Waals surface area contributed by atoms with Crippen LogP contribution in [0, 0.1) is 5.92 Å². The Hall–Kier alpha value is -2.54. The first-order valence-electron chi connectivity index (χ1n) is 8.22. The van der Waals surface area contributed by atoms with Crippen molar-refractivity contribution in [1.82, 2.24) is 10.2 Å². The van der Waals surface area contributed by atoms with Crippen molar-refractivity contribution in [2.75, 3.05) is 0 Å². The van der Waals surface area contributed by atoms with Gasteiger partial charge in [0.2, 0.25) is 0 Å². The van der Waals surface area contributed by atoms with Crippen LogP contribution < -0.4 is 5.56 Å². The molecule has 1 aromatic carbocycles. The van der Waals surface area contributed by atoms with Crippen molar-refractivity contribution in [3.05, 3.63) is 51.4 Å². The van der Waals surface area contributed by atoms with Crippen LogP contribution >= 0.6 is 0 Å². The Labute approximate surface area is 144 Å². The summed E-state index contributed by atoms with van der Waals surface area (Å²) in [5.74, 6) is -2.09. The average molecular weight is 346 g/mol. The number of aliphatic hydroxyl groups is 1. The van der Waals surface area contributed by atoms with Gasteiger partial charge in [-0.25, -0.2) is 0 Å². The molecule has 0 aliphatic heterocycles. The Bertz CT molecular complexity index is 832. The zero-order chi connectivity index (χ0) is 18.4. The molecule has 3 atom stereocenters. The number of ether oxygens (including phenoxy) is 1. The standard InChI is InChI=1S/C18H22N2O5/c1-9(2)25-17(23)15-13(10-4-6-11(21)7-5-10)14-12(8-18(15,3)24)19-20-16(14)22/h4-7,9,13,15,21,24H,8H2,1-3H3,(H2,19,20,22)/t13-,15+,18-/m1/s1. The Morgan fingerprint density at radius 2 is 1.92 bits per heavy atom. The number of aromatic nitrogens is 2. The summed E-state index contributed by atoms with van der Waals surface area (Å²) in [5.41, 5.74) is -0.0857. The molecule has 1 aromatic heterocycles. The van der Waals surface area contributed by atoms with Crippen LogP contribution in [0.2, 0.25) is 0 Å². The number of carbonyl (C=O) groups excluding carboxylic acids is 1. The molecule has 0 saturated heterocycles. The van der Waals surface area contributed by atoms with Crippen LogP contribution in [0.5, 0.6) is 5.75 Å². The number of esters is 1. The number of hydrogen-bond donors (Lipinski definition) is 4. The number of H-pyrrole nitrogens is 2. The third kappa shape index (κ3) is 3.07. The molecule has 3 rings (SSSR count). The number of nitrogens with one attached hydrogen (secondary N) is 2. The van der Waals surface area contributed by atoms with Crippen LogP contribution in [0.25, 0.3) is 0 Å². The maximum absolute atomic E-state index is 12.8. The molecule has 0 spiro atoms. The molecule has 0 unspecified atom stereocenters. The summed E-state index contributed by atoms with van der Waals surface area (Å²) in [6, 6.07) is 6.27. The van der Waals surface area contributed by atoms with Gasteiger partial charge in [0, 0.05) is 23.6 Å². The number of fused-ring (bicyclic) bond motifs is 1. The molecule has 0 bridgehead atoms. The number of carbonyl (C=O) groups is 1. The van der Waals surface area contributed by atoms with E-state index < -0.39 is 23.4 Å². The lowest BCUT2D eigenvalue weighted by atomic mass is 9.66. The highest BCUT2D eigenvalue weighted by molar-refractivity contribution is 5.77. The highest BCUT2D eigenvalue weighted by atomic mass is 16.5. The van der Waals surface area contributed by atoms with Crippen molar-refractivity contribution in [2.24, 2.45) is 5.92 Å². The first kappa shape index (κ1) is 17.3.